The molecular weight excluding hydrogens is 270 g/mol. The highest BCUT2D eigenvalue weighted by Gasteiger charge is 2.29. The summed E-state index contributed by atoms with van der Waals surface area (Å²) in [6, 6.07) is -0.0540. The largest absolute Gasteiger partial charge is 0.392 e. The zero-order valence-corrected chi connectivity index (χ0v) is 13.3. The van der Waals surface area contributed by atoms with Crippen LogP contribution in [-0.2, 0) is 9.53 Å². The maximum absolute atomic E-state index is 12.6. The van der Waals surface area contributed by atoms with Crippen molar-refractivity contribution in [1.82, 2.24) is 14.7 Å². The molecule has 2 atom stereocenters. The van der Waals surface area contributed by atoms with E-state index < -0.39 is 0 Å². The Bertz CT molecular complexity index is 326. The summed E-state index contributed by atoms with van der Waals surface area (Å²) in [5.41, 5.74) is 0. The van der Waals surface area contributed by atoms with E-state index in [9.17, 15) is 9.90 Å². The van der Waals surface area contributed by atoms with Crippen molar-refractivity contribution in [3.8, 4) is 0 Å². The predicted molar refractivity (Wildman–Crippen MR) is 81.2 cm³/mol. The Hall–Kier alpha value is -0.690. The minimum atomic E-state index is -0.250. The van der Waals surface area contributed by atoms with E-state index in [-0.39, 0.29) is 18.1 Å². The number of morpholine rings is 1. The maximum atomic E-state index is 12.6. The van der Waals surface area contributed by atoms with Gasteiger partial charge in [0.2, 0.25) is 5.91 Å². The summed E-state index contributed by atoms with van der Waals surface area (Å²) in [6.45, 7) is 11.1. The number of hydrogen-bond acceptors (Lipinski definition) is 5. The Morgan fingerprint density at radius 1 is 1.14 bits per heavy atom. The van der Waals surface area contributed by atoms with Gasteiger partial charge in [0.05, 0.1) is 25.4 Å². The van der Waals surface area contributed by atoms with Crippen molar-refractivity contribution in [2.24, 2.45) is 0 Å². The van der Waals surface area contributed by atoms with Crippen molar-refractivity contribution < 1.29 is 14.6 Å². The van der Waals surface area contributed by atoms with Crippen LogP contribution in [-0.4, -0.2) is 96.9 Å². The van der Waals surface area contributed by atoms with Crippen LogP contribution in [0, 0.1) is 0 Å². The number of aliphatic hydroxyl groups excluding tert-OH is 1. The lowest BCUT2D eigenvalue weighted by molar-refractivity contribution is -0.140. The van der Waals surface area contributed by atoms with Crippen LogP contribution < -0.4 is 0 Å². The molecule has 6 nitrogen and oxygen atoms in total. The van der Waals surface area contributed by atoms with Gasteiger partial charge < -0.3 is 14.7 Å². The molecular formula is C15H29N3O3. The molecule has 0 saturated carbocycles. The molecule has 0 aromatic heterocycles. The van der Waals surface area contributed by atoms with Gasteiger partial charge in [-0.15, -0.1) is 0 Å². The SMILES string of the molecule is CC[C@H](O)CN1CCN(C(=O)[C@@H](C)N2CCOCC2)CC1. The van der Waals surface area contributed by atoms with E-state index in [2.05, 4.69) is 9.80 Å². The van der Waals surface area contributed by atoms with Gasteiger partial charge in [-0.1, -0.05) is 6.92 Å². The van der Waals surface area contributed by atoms with E-state index in [1.54, 1.807) is 0 Å². The molecule has 122 valence electrons. The molecule has 2 saturated heterocycles. The summed E-state index contributed by atoms with van der Waals surface area (Å²) in [7, 11) is 0. The highest BCUT2D eigenvalue weighted by molar-refractivity contribution is 5.81. The normalized spacial score (nSPS) is 24.8. The monoisotopic (exact) mass is 299 g/mol. The topological polar surface area (TPSA) is 56.2 Å². The van der Waals surface area contributed by atoms with E-state index >= 15 is 0 Å². The van der Waals surface area contributed by atoms with Gasteiger partial charge in [-0.25, -0.2) is 0 Å². The van der Waals surface area contributed by atoms with Crippen LogP contribution in [0.5, 0.6) is 0 Å². The third-order valence-corrected chi connectivity index (χ3v) is 4.57. The zero-order chi connectivity index (χ0) is 15.2. The van der Waals surface area contributed by atoms with Crippen LogP contribution >= 0.6 is 0 Å². The van der Waals surface area contributed by atoms with Gasteiger partial charge in [-0.3, -0.25) is 14.6 Å². The predicted octanol–water partition coefficient (Wildman–Crippen LogP) is -0.378. The van der Waals surface area contributed by atoms with Crippen LogP contribution in [0.3, 0.4) is 0 Å². The molecule has 0 aromatic rings. The van der Waals surface area contributed by atoms with Crippen LogP contribution in [0.4, 0.5) is 0 Å². The molecule has 21 heavy (non-hydrogen) atoms. The summed E-state index contributed by atoms with van der Waals surface area (Å²) in [6.07, 6.45) is 0.534. The quantitative estimate of drug-likeness (QED) is 0.750. The molecule has 2 aliphatic rings. The Morgan fingerprint density at radius 2 is 1.76 bits per heavy atom. The number of rotatable bonds is 5. The minimum absolute atomic E-state index is 0.0540. The molecule has 0 unspecified atom stereocenters. The average Bonchev–Trinajstić information content (AvgIpc) is 2.55. The molecule has 0 aromatic carbocycles. The summed E-state index contributed by atoms with van der Waals surface area (Å²) < 4.78 is 5.34. The summed E-state index contributed by atoms with van der Waals surface area (Å²) in [5.74, 6) is 0.229. The number of β-amino-alcohol motifs (C(OH)–C–C–N with tert-alkyl or cyclic N) is 1. The standard InChI is InChI=1S/C15H29N3O3/c1-3-14(19)12-16-4-6-18(7-5-16)15(20)13(2)17-8-10-21-11-9-17/h13-14,19H,3-12H2,1-2H3/t13-,14+/m1/s1. The lowest BCUT2D eigenvalue weighted by Crippen LogP contribution is -2.56. The number of piperazine rings is 1. The number of amides is 1. The maximum Gasteiger partial charge on any atom is 0.239 e. The van der Waals surface area contributed by atoms with Gasteiger partial charge in [0.1, 0.15) is 0 Å². The second kappa shape index (κ2) is 8.08. The fourth-order valence-electron chi connectivity index (χ4n) is 2.96. The number of hydrogen-bond donors (Lipinski definition) is 1. The molecule has 1 amide bonds. The molecule has 2 fully saturated rings. The minimum Gasteiger partial charge on any atom is -0.392 e. The molecule has 2 rings (SSSR count). The third kappa shape index (κ3) is 4.64. The Morgan fingerprint density at radius 3 is 2.33 bits per heavy atom. The fourth-order valence-corrected chi connectivity index (χ4v) is 2.96. The van der Waals surface area contributed by atoms with E-state index in [1.807, 2.05) is 18.7 Å². The molecule has 2 aliphatic heterocycles. The fraction of sp³-hybridized carbons (Fsp3) is 0.933. The summed E-state index contributed by atoms with van der Waals surface area (Å²) in [4.78, 5) is 19.0. The van der Waals surface area contributed by atoms with E-state index in [1.165, 1.54) is 0 Å². The molecule has 1 N–H and O–H groups in total. The van der Waals surface area contributed by atoms with Crippen LogP contribution in [0.25, 0.3) is 0 Å². The molecule has 0 aliphatic carbocycles. The first-order chi connectivity index (χ1) is 10.1. The lowest BCUT2D eigenvalue weighted by Gasteiger charge is -2.39. The third-order valence-electron chi connectivity index (χ3n) is 4.57. The van der Waals surface area contributed by atoms with Crippen molar-refractivity contribution in [1.29, 1.82) is 0 Å². The Kier molecular flexibility index (Phi) is 6.41. The second-order valence-corrected chi connectivity index (χ2v) is 6.01. The van der Waals surface area contributed by atoms with E-state index in [0.29, 0.717) is 0 Å². The first-order valence-electron chi connectivity index (χ1n) is 8.12. The molecule has 0 spiro atoms. The van der Waals surface area contributed by atoms with Gasteiger partial charge in [0.25, 0.3) is 0 Å². The summed E-state index contributed by atoms with van der Waals surface area (Å²) in [5, 5.41) is 9.70. The molecule has 6 heteroatoms. The van der Waals surface area contributed by atoms with Gasteiger partial charge >= 0.3 is 0 Å². The highest BCUT2D eigenvalue weighted by atomic mass is 16.5. The average molecular weight is 299 g/mol. The van der Waals surface area contributed by atoms with Crippen molar-refractivity contribution >= 4 is 5.91 Å². The van der Waals surface area contributed by atoms with Gasteiger partial charge in [-0.2, -0.15) is 0 Å². The first kappa shape index (κ1) is 16.7. The summed E-state index contributed by atoms with van der Waals surface area (Å²) >= 11 is 0. The lowest BCUT2D eigenvalue weighted by atomic mass is 10.2. The van der Waals surface area contributed by atoms with Crippen molar-refractivity contribution in [2.75, 3.05) is 59.0 Å². The molecule has 2 heterocycles. The molecule has 0 bridgehead atoms. The van der Waals surface area contributed by atoms with Crippen LogP contribution in [0.1, 0.15) is 20.3 Å². The van der Waals surface area contributed by atoms with Gasteiger partial charge in [0, 0.05) is 45.8 Å². The number of ether oxygens (including phenoxy) is 1. The zero-order valence-electron chi connectivity index (χ0n) is 13.3. The van der Waals surface area contributed by atoms with Crippen molar-refractivity contribution in [2.45, 2.75) is 32.4 Å². The van der Waals surface area contributed by atoms with Crippen LogP contribution in [0.15, 0.2) is 0 Å². The smallest absolute Gasteiger partial charge is 0.239 e. The van der Waals surface area contributed by atoms with E-state index in [4.69, 9.17) is 4.74 Å². The first-order valence-corrected chi connectivity index (χ1v) is 8.12. The Balaban J connectivity index is 1.77. The number of nitrogens with zero attached hydrogens (tertiary/aromatic N) is 3. The highest BCUT2D eigenvalue weighted by Crippen LogP contribution is 2.10. The number of carbonyl (C=O) groups excluding carboxylic acids is 1. The van der Waals surface area contributed by atoms with Crippen molar-refractivity contribution in [3.05, 3.63) is 0 Å². The van der Waals surface area contributed by atoms with Gasteiger partial charge in [0.15, 0.2) is 0 Å². The van der Waals surface area contributed by atoms with E-state index in [0.717, 1.165) is 65.4 Å². The second-order valence-electron chi connectivity index (χ2n) is 6.01. The molecule has 0 radical (unpaired) electrons. The van der Waals surface area contributed by atoms with Crippen LogP contribution in [0.2, 0.25) is 0 Å². The Labute approximate surface area is 127 Å². The number of carbonyl (C=O) groups is 1. The van der Waals surface area contributed by atoms with Crippen molar-refractivity contribution in [3.63, 3.8) is 0 Å². The number of aliphatic hydroxyl groups is 1. The van der Waals surface area contributed by atoms with Gasteiger partial charge in [-0.05, 0) is 13.3 Å².